The molecule has 0 fully saturated rings. The maximum absolute atomic E-state index is 14.0. The molecule has 1 N–H and O–H groups in total. The fraction of sp³-hybridized carbons (Fsp3) is 0.333. The number of sulfonamides is 1. The van der Waals surface area contributed by atoms with E-state index in [1.807, 2.05) is 70.2 Å². The van der Waals surface area contributed by atoms with Gasteiger partial charge in [-0.3, -0.25) is 13.9 Å². The minimum absolute atomic E-state index is 0.0489. The van der Waals surface area contributed by atoms with Crippen molar-refractivity contribution >= 4 is 27.5 Å². The SMILES string of the molecule is CC[C@@H](C)NC(=O)[C@H](CC)N(Cc1ccccc1)C(=O)CN(c1ccccc1C)S(=O)(=O)c1ccccc1. The highest BCUT2D eigenvalue weighted by Gasteiger charge is 2.34. The zero-order chi connectivity index (χ0) is 27.7. The van der Waals surface area contributed by atoms with Crippen molar-refractivity contribution in [3.05, 3.63) is 96.1 Å². The molecule has 0 heterocycles. The first-order valence-electron chi connectivity index (χ1n) is 13.0. The zero-order valence-electron chi connectivity index (χ0n) is 22.5. The van der Waals surface area contributed by atoms with Crippen molar-refractivity contribution < 1.29 is 18.0 Å². The third-order valence-electron chi connectivity index (χ3n) is 6.58. The third-order valence-corrected chi connectivity index (χ3v) is 8.35. The molecule has 0 saturated heterocycles. The molecule has 0 aliphatic rings. The fourth-order valence-electron chi connectivity index (χ4n) is 4.22. The van der Waals surface area contributed by atoms with E-state index in [0.717, 1.165) is 21.9 Å². The van der Waals surface area contributed by atoms with Crippen LogP contribution in [0.3, 0.4) is 0 Å². The van der Waals surface area contributed by atoms with Gasteiger partial charge in [0.25, 0.3) is 10.0 Å². The fourth-order valence-corrected chi connectivity index (χ4v) is 5.72. The van der Waals surface area contributed by atoms with Crippen LogP contribution in [-0.4, -0.2) is 43.8 Å². The second kappa shape index (κ2) is 13.2. The van der Waals surface area contributed by atoms with Crippen molar-refractivity contribution in [1.29, 1.82) is 0 Å². The van der Waals surface area contributed by atoms with Crippen LogP contribution in [0, 0.1) is 6.92 Å². The summed E-state index contributed by atoms with van der Waals surface area (Å²) in [7, 11) is -4.07. The number of aryl methyl sites for hydroxylation is 1. The Morgan fingerprint density at radius 3 is 2.00 bits per heavy atom. The maximum Gasteiger partial charge on any atom is 0.264 e. The van der Waals surface area contributed by atoms with Crippen LogP contribution in [0.1, 0.15) is 44.7 Å². The van der Waals surface area contributed by atoms with Crippen LogP contribution in [0.4, 0.5) is 5.69 Å². The summed E-state index contributed by atoms with van der Waals surface area (Å²) in [5.41, 5.74) is 1.99. The molecule has 0 aromatic heterocycles. The third kappa shape index (κ3) is 7.01. The molecule has 0 aliphatic carbocycles. The first-order valence-corrected chi connectivity index (χ1v) is 14.4. The lowest BCUT2D eigenvalue weighted by molar-refractivity contribution is -0.140. The van der Waals surface area contributed by atoms with Crippen LogP contribution in [0.15, 0.2) is 89.8 Å². The molecule has 3 rings (SSSR count). The van der Waals surface area contributed by atoms with Gasteiger partial charge in [0.15, 0.2) is 0 Å². The highest BCUT2D eigenvalue weighted by atomic mass is 32.2. The Morgan fingerprint density at radius 2 is 1.42 bits per heavy atom. The molecule has 7 nitrogen and oxygen atoms in total. The number of amides is 2. The van der Waals surface area contributed by atoms with Crippen molar-refractivity contribution in [3.8, 4) is 0 Å². The van der Waals surface area contributed by atoms with E-state index in [0.29, 0.717) is 12.1 Å². The van der Waals surface area contributed by atoms with Crippen molar-refractivity contribution in [1.82, 2.24) is 10.2 Å². The molecule has 2 amide bonds. The van der Waals surface area contributed by atoms with Gasteiger partial charge < -0.3 is 10.2 Å². The lowest BCUT2D eigenvalue weighted by Crippen LogP contribution is -2.53. The number of anilines is 1. The number of rotatable bonds is 12. The first-order chi connectivity index (χ1) is 18.2. The normalized spacial score (nSPS) is 12.8. The quantitative estimate of drug-likeness (QED) is 0.357. The van der Waals surface area contributed by atoms with Gasteiger partial charge in [0, 0.05) is 12.6 Å². The lowest BCUT2D eigenvalue weighted by Gasteiger charge is -2.34. The molecule has 3 aromatic carbocycles. The highest BCUT2D eigenvalue weighted by Crippen LogP contribution is 2.27. The Morgan fingerprint density at radius 1 is 0.842 bits per heavy atom. The molecule has 38 heavy (non-hydrogen) atoms. The van der Waals surface area contributed by atoms with Crippen LogP contribution < -0.4 is 9.62 Å². The first kappa shape index (κ1) is 28.9. The summed E-state index contributed by atoms with van der Waals surface area (Å²) >= 11 is 0. The zero-order valence-corrected chi connectivity index (χ0v) is 23.3. The molecule has 2 atom stereocenters. The molecule has 202 valence electrons. The van der Waals surface area contributed by atoms with Gasteiger partial charge in [0.1, 0.15) is 12.6 Å². The van der Waals surface area contributed by atoms with Crippen molar-refractivity contribution in [2.24, 2.45) is 0 Å². The Bertz CT molecular complexity index is 1310. The molecule has 3 aromatic rings. The topological polar surface area (TPSA) is 86.8 Å². The summed E-state index contributed by atoms with van der Waals surface area (Å²) in [6, 6.07) is 23.7. The van der Waals surface area contributed by atoms with Gasteiger partial charge in [-0.15, -0.1) is 0 Å². The summed E-state index contributed by atoms with van der Waals surface area (Å²) < 4.78 is 28.8. The molecule has 0 radical (unpaired) electrons. The van der Waals surface area contributed by atoms with E-state index in [-0.39, 0.29) is 23.4 Å². The van der Waals surface area contributed by atoms with Gasteiger partial charge in [-0.25, -0.2) is 8.42 Å². The molecule has 8 heteroatoms. The number of carbonyl (C=O) groups is 2. The number of nitrogens with zero attached hydrogens (tertiary/aromatic N) is 2. The number of carbonyl (C=O) groups excluding carboxylic acids is 2. The summed E-state index contributed by atoms with van der Waals surface area (Å²) in [5.74, 6) is -0.706. The molecule has 0 spiro atoms. The lowest BCUT2D eigenvalue weighted by atomic mass is 10.1. The number of hydrogen-bond acceptors (Lipinski definition) is 4. The second-order valence-corrected chi connectivity index (χ2v) is 11.2. The van der Waals surface area contributed by atoms with E-state index in [1.165, 1.54) is 17.0 Å². The van der Waals surface area contributed by atoms with E-state index < -0.39 is 28.5 Å². The summed E-state index contributed by atoms with van der Waals surface area (Å²) in [6.45, 7) is 7.30. The smallest absolute Gasteiger partial charge is 0.264 e. The van der Waals surface area contributed by atoms with E-state index in [4.69, 9.17) is 0 Å². The van der Waals surface area contributed by atoms with Gasteiger partial charge in [-0.2, -0.15) is 0 Å². The average Bonchev–Trinajstić information content (AvgIpc) is 2.92. The molecule has 0 unspecified atom stereocenters. The van der Waals surface area contributed by atoms with Crippen LogP contribution in [-0.2, 0) is 26.2 Å². The van der Waals surface area contributed by atoms with Crippen LogP contribution in [0.25, 0.3) is 0 Å². The summed E-state index contributed by atoms with van der Waals surface area (Å²) in [5, 5.41) is 2.99. The van der Waals surface area contributed by atoms with Gasteiger partial charge >= 0.3 is 0 Å². The summed E-state index contributed by atoms with van der Waals surface area (Å²) in [4.78, 5) is 28.9. The largest absolute Gasteiger partial charge is 0.352 e. The van der Waals surface area contributed by atoms with E-state index in [9.17, 15) is 18.0 Å². The van der Waals surface area contributed by atoms with E-state index in [2.05, 4.69) is 5.32 Å². The van der Waals surface area contributed by atoms with E-state index >= 15 is 0 Å². The van der Waals surface area contributed by atoms with Crippen molar-refractivity contribution in [2.45, 2.75) is 64.1 Å². The van der Waals surface area contributed by atoms with Gasteiger partial charge in [0.2, 0.25) is 11.8 Å². The standard InChI is InChI=1S/C30H37N3O4S/c1-5-24(4)31-30(35)27(6-2)32(21-25-16-9-7-10-17-25)29(34)22-33(28-20-14-13-15-23(28)3)38(36,37)26-18-11-8-12-19-26/h7-20,24,27H,5-6,21-22H2,1-4H3,(H,31,35)/t24-,27+/m1/s1. The van der Waals surface area contributed by atoms with Crippen LogP contribution in [0.2, 0.25) is 0 Å². The van der Waals surface area contributed by atoms with Crippen LogP contribution >= 0.6 is 0 Å². The van der Waals surface area contributed by atoms with Crippen molar-refractivity contribution in [2.75, 3.05) is 10.8 Å². The minimum atomic E-state index is -4.07. The van der Waals surface area contributed by atoms with Crippen molar-refractivity contribution in [3.63, 3.8) is 0 Å². The monoisotopic (exact) mass is 535 g/mol. The Hall–Kier alpha value is -3.65. The second-order valence-electron chi connectivity index (χ2n) is 9.36. The number of hydrogen-bond donors (Lipinski definition) is 1. The molecular formula is C30H37N3O4S. The molecule has 0 bridgehead atoms. The number of benzene rings is 3. The van der Waals surface area contributed by atoms with Gasteiger partial charge in [-0.1, -0.05) is 80.6 Å². The predicted octanol–water partition coefficient (Wildman–Crippen LogP) is 4.91. The number of nitrogens with one attached hydrogen (secondary N) is 1. The molecule has 0 saturated carbocycles. The predicted molar refractivity (Wildman–Crippen MR) is 151 cm³/mol. The number of para-hydroxylation sites is 1. The highest BCUT2D eigenvalue weighted by molar-refractivity contribution is 7.92. The van der Waals surface area contributed by atoms with E-state index in [1.54, 1.807) is 30.3 Å². The Kier molecular flexibility index (Phi) is 10.1. The van der Waals surface area contributed by atoms with Crippen LogP contribution in [0.5, 0.6) is 0 Å². The molecule has 0 aliphatic heterocycles. The van der Waals surface area contributed by atoms with Gasteiger partial charge in [-0.05, 0) is 56.0 Å². The summed E-state index contributed by atoms with van der Waals surface area (Å²) in [6.07, 6.45) is 1.14. The molecular weight excluding hydrogens is 498 g/mol. The van der Waals surface area contributed by atoms with Gasteiger partial charge in [0.05, 0.1) is 10.6 Å². The maximum atomic E-state index is 14.0. The average molecular weight is 536 g/mol. The minimum Gasteiger partial charge on any atom is -0.352 e. The Balaban J connectivity index is 2.04. The Labute approximate surface area is 226 Å².